The molecule has 0 aromatic heterocycles. The van der Waals surface area contributed by atoms with Crippen molar-refractivity contribution >= 4 is 21.5 Å². The second-order valence-electron chi connectivity index (χ2n) is 8.73. The van der Waals surface area contributed by atoms with Crippen LogP contribution in [-0.4, -0.2) is 35.7 Å². The summed E-state index contributed by atoms with van der Waals surface area (Å²) in [4.78, 5) is 13.8. The Balaban J connectivity index is 1.71. The standard InChI is InChI=1S/C26H24N2O4S/c1-17-12-14-20(15-13-17)33(31,32)28-25(30)26(16-23(27-28)19-8-4-3-5-9-19)18(2)21-10-6-7-11-22(21)24(26)29/h3-15,18,25,30H,16H2,1-2H3/t18-,25?,26+/m1/s1. The van der Waals surface area contributed by atoms with E-state index in [9.17, 15) is 18.3 Å². The van der Waals surface area contributed by atoms with Crippen LogP contribution >= 0.6 is 0 Å². The highest BCUT2D eigenvalue weighted by Gasteiger charge is 2.61. The van der Waals surface area contributed by atoms with E-state index in [4.69, 9.17) is 0 Å². The number of carbonyl (C=O) groups is 1. The zero-order chi connectivity index (χ0) is 23.4. The van der Waals surface area contributed by atoms with Crippen molar-refractivity contribution in [2.45, 2.75) is 37.3 Å². The van der Waals surface area contributed by atoms with E-state index >= 15 is 0 Å². The summed E-state index contributed by atoms with van der Waals surface area (Å²) in [7, 11) is -4.22. The van der Waals surface area contributed by atoms with Crippen LogP contribution in [0.5, 0.6) is 0 Å². The average molecular weight is 461 g/mol. The summed E-state index contributed by atoms with van der Waals surface area (Å²) in [6.07, 6.45) is -1.52. The number of aliphatic hydroxyl groups is 1. The van der Waals surface area contributed by atoms with Crippen molar-refractivity contribution in [3.63, 3.8) is 0 Å². The van der Waals surface area contributed by atoms with E-state index in [2.05, 4.69) is 5.10 Å². The van der Waals surface area contributed by atoms with Crippen LogP contribution in [0.4, 0.5) is 0 Å². The molecule has 3 aromatic carbocycles. The number of fused-ring (bicyclic) bond motifs is 1. The van der Waals surface area contributed by atoms with Gasteiger partial charge in [-0.2, -0.15) is 17.9 Å². The van der Waals surface area contributed by atoms with Crippen molar-refractivity contribution in [2.75, 3.05) is 0 Å². The minimum Gasteiger partial charge on any atom is -0.370 e. The van der Waals surface area contributed by atoms with Gasteiger partial charge in [0.15, 0.2) is 12.0 Å². The molecule has 3 aromatic rings. The molecule has 2 aliphatic rings. The second-order valence-corrected chi connectivity index (χ2v) is 10.5. The molecule has 7 heteroatoms. The lowest BCUT2D eigenvalue weighted by molar-refractivity contribution is -0.0474. The van der Waals surface area contributed by atoms with E-state index in [1.165, 1.54) is 12.1 Å². The quantitative estimate of drug-likeness (QED) is 0.638. The zero-order valence-corrected chi connectivity index (χ0v) is 19.2. The molecule has 1 N–H and O–H groups in total. The predicted octanol–water partition coefficient (Wildman–Crippen LogP) is 4.10. The lowest BCUT2D eigenvalue weighted by Crippen LogP contribution is -2.56. The SMILES string of the molecule is Cc1ccc(S(=O)(=O)N2N=C(c3ccccc3)C[C@]3(C(=O)c4ccccc4[C@H]3C)C2O)cc1. The number of Topliss-reactive ketones (excluding diaryl/α,β-unsaturated/α-hetero) is 1. The summed E-state index contributed by atoms with van der Waals surface area (Å²) in [5.41, 5.74) is 2.02. The van der Waals surface area contributed by atoms with Crippen molar-refractivity contribution in [3.05, 3.63) is 101 Å². The Bertz CT molecular complexity index is 1370. The number of benzene rings is 3. The first-order valence-electron chi connectivity index (χ1n) is 10.8. The van der Waals surface area contributed by atoms with Gasteiger partial charge < -0.3 is 5.11 Å². The summed E-state index contributed by atoms with van der Waals surface area (Å²) >= 11 is 0. The third-order valence-corrected chi connectivity index (χ3v) is 8.53. The third-order valence-electron chi connectivity index (χ3n) is 6.89. The van der Waals surface area contributed by atoms with Crippen LogP contribution in [-0.2, 0) is 10.0 Å². The van der Waals surface area contributed by atoms with Crippen LogP contribution in [0.25, 0.3) is 0 Å². The first-order valence-corrected chi connectivity index (χ1v) is 12.3. The molecule has 0 bridgehead atoms. The van der Waals surface area contributed by atoms with E-state index < -0.39 is 27.6 Å². The fraction of sp³-hybridized carbons (Fsp3) is 0.231. The maximum absolute atomic E-state index is 13.8. The number of sulfonamides is 1. The lowest BCUT2D eigenvalue weighted by Gasteiger charge is -2.44. The van der Waals surface area contributed by atoms with Crippen molar-refractivity contribution in [2.24, 2.45) is 10.5 Å². The van der Waals surface area contributed by atoms with Gasteiger partial charge in [-0.15, -0.1) is 0 Å². The van der Waals surface area contributed by atoms with Gasteiger partial charge in [0, 0.05) is 12.0 Å². The zero-order valence-electron chi connectivity index (χ0n) is 18.3. The minimum absolute atomic E-state index is 0.0102. The van der Waals surface area contributed by atoms with Gasteiger partial charge in [-0.3, -0.25) is 4.79 Å². The Hall–Kier alpha value is -3.29. The normalized spacial score (nSPS) is 24.6. The number of rotatable bonds is 3. The molecule has 1 aliphatic heterocycles. The van der Waals surface area contributed by atoms with Gasteiger partial charge in [0.1, 0.15) is 0 Å². The smallest absolute Gasteiger partial charge is 0.281 e. The van der Waals surface area contributed by atoms with Crippen molar-refractivity contribution in [1.82, 2.24) is 4.41 Å². The van der Waals surface area contributed by atoms with Gasteiger partial charge in [-0.1, -0.05) is 79.2 Å². The number of hydrogen-bond acceptors (Lipinski definition) is 5. The molecule has 1 unspecified atom stereocenters. The van der Waals surface area contributed by atoms with Gasteiger partial charge in [0.05, 0.1) is 16.0 Å². The maximum atomic E-state index is 13.8. The Labute approximate surface area is 193 Å². The molecule has 0 radical (unpaired) electrons. The first kappa shape index (κ1) is 21.6. The highest BCUT2D eigenvalue weighted by Crippen LogP contribution is 2.54. The third kappa shape index (κ3) is 3.14. The lowest BCUT2D eigenvalue weighted by atomic mass is 9.69. The van der Waals surface area contributed by atoms with Crippen LogP contribution in [0.2, 0.25) is 0 Å². The van der Waals surface area contributed by atoms with Gasteiger partial charge in [0.2, 0.25) is 0 Å². The second kappa shape index (κ2) is 7.64. The van der Waals surface area contributed by atoms with E-state index in [1.54, 1.807) is 24.3 Å². The Kier molecular flexibility index (Phi) is 4.99. The molecule has 33 heavy (non-hydrogen) atoms. The van der Waals surface area contributed by atoms with Gasteiger partial charge in [-0.25, -0.2) is 0 Å². The molecule has 1 aliphatic carbocycles. The Morgan fingerprint density at radius 3 is 2.27 bits per heavy atom. The van der Waals surface area contributed by atoms with Crippen molar-refractivity contribution < 1.29 is 18.3 Å². The molecule has 1 heterocycles. The molecular formula is C26H24N2O4S. The number of hydrazone groups is 1. The number of hydrogen-bond donors (Lipinski definition) is 1. The molecule has 0 amide bonds. The summed E-state index contributed by atoms with van der Waals surface area (Å²) in [6, 6.07) is 22.8. The van der Waals surface area contributed by atoms with Crippen LogP contribution in [0, 0.1) is 12.3 Å². The van der Waals surface area contributed by atoms with Crippen molar-refractivity contribution in [1.29, 1.82) is 0 Å². The number of aliphatic hydroxyl groups excluding tert-OH is 1. The Morgan fingerprint density at radius 2 is 1.61 bits per heavy atom. The molecule has 0 fully saturated rings. The molecular weight excluding hydrogens is 436 g/mol. The molecule has 5 rings (SSSR count). The molecule has 168 valence electrons. The molecule has 6 nitrogen and oxygen atoms in total. The van der Waals surface area contributed by atoms with Crippen molar-refractivity contribution in [3.8, 4) is 0 Å². The van der Waals surface area contributed by atoms with Crippen LogP contribution in [0.15, 0.2) is 88.9 Å². The summed E-state index contributed by atoms with van der Waals surface area (Å²) in [6.45, 7) is 3.74. The average Bonchev–Trinajstić information content (AvgIpc) is 3.04. The molecule has 3 atom stereocenters. The fourth-order valence-corrected chi connectivity index (χ4v) is 6.30. The number of nitrogens with zero attached hydrogens (tertiary/aromatic N) is 2. The molecule has 0 saturated carbocycles. The number of carbonyl (C=O) groups excluding carboxylic acids is 1. The fourth-order valence-electron chi connectivity index (χ4n) is 4.95. The van der Waals surface area contributed by atoms with Gasteiger partial charge >= 0.3 is 0 Å². The largest absolute Gasteiger partial charge is 0.370 e. The predicted molar refractivity (Wildman–Crippen MR) is 125 cm³/mol. The van der Waals surface area contributed by atoms with Crippen LogP contribution in [0.3, 0.4) is 0 Å². The molecule has 0 saturated heterocycles. The summed E-state index contributed by atoms with van der Waals surface area (Å²) in [5, 5.41) is 16.0. The maximum Gasteiger partial charge on any atom is 0.281 e. The first-order chi connectivity index (χ1) is 15.8. The minimum atomic E-state index is -4.22. The summed E-state index contributed by atoms with van der Waals surface area (Å²) < 4.78 is 28.1. The number of aryl methyl sites for hydroxylation is 1. The molecule has 1 spiro atoms. The van der Waals surface area contributed by atoms with Crippen LogP contribution in [0.1, 0.15) is 46.3 Å². The summed E-state index contributed by atoms with van der Waals surface area (Å²) in [5.74, 6) is -0.660. The Morgan fingerprint density at radius 1 is 0.970 bits per heavy atom. The van der Waals surface area contributed by atoms with E-state index in [0.717, 1.165) is 15.5 Å². The monoisotopic (exact) mass is 460 g/mol. The van der Waals surface area contributed by atoms with Gasteiger partial charge in [-0.05, 0) is 36.1 Å². The highest BCUT2D eigenvalue weighted by molar-refractivity contribution is 7.89. The van der Waals surface area contributed by atoms with E-state index in [-0.39, 0.29) is 17.1 Å². The van der Waals surface area contributed by atoms with Gasteiger partial charge in [0.25, 0.3) is 10.0 Å². The number of ketones is 1. The van der Waals surface area contributed by atoms with E-state index in [1.807, 2.05) is 56.3 Å². The topological polar surface area (TPSA) is 87.0 Å². The van der Waals surface area contributed by atoms with E-state index in [0.29, 0.717) is 16.8 Å². The van der Waals surface area contributed by atoms with Crippen LogP contribution < -0.4 is 0 Å². The highest BCUT2D eigenvalue weighted by atomic mass is 32.2.